The number of anilines is 1. The Morgan fingerprint density at radius 2 is 1.41 bits per heavy atom. The van der Waals surface area contributed by atoms with E-state index in [-0.39, 0.29) is 30.7 Å². The van der Waals surface area contributed by atoms with Gasteiger partial charge in [-0.25, -0.2) is 9.18 Å². The molecule has 3 aromatic carbocycles. The highest BCUT2D eigenvalue weighted by Crippen LogP contribution is 2.16. The van der Waals surface area contributed by atoms with Crippen molar-refractivity contribution in [2.75, 3.05) is 11.9 Å². The zero-order valence-corrected chi connectivity index (χ0v) is 17.3. The molecule has 0 atom stereocenters. The van der Waals surface area contributed by atoms with Gasteiger partial charge in [0.25, 0.3) is 11.8 Å². The normalized spacial score (nSPS) is 10.2. The molecule has 32 heavy (non-hydrogen) atoms. The highest BCUT2D eigenvalue weighted by atomic mass is 19.1. The van der Waals surface area contributed by atoms with Crippen molar-refractivity contribution in [2.24, 2.45) is 0 Å². The van der Waals surface area contributed by atoms with E-state index in [1.807, 2.05) is 0 Å². The van der Waals surface area contributed by atoms with Gasteiger partial charge in [0.15, 0.2) is 0 Å². The molecule has 0 aliphatic heterocycles. The molecule has 0 bridgehead atoms. The summed E-state index contributed by atoms with van der Waals surface area (Å²) in [5, 5.41) is 5.52. The van der Waals surface area contributed by atoms with E-state index >= 15 is 0 Å². The summed E-state index contributed by atoms with van der Waals surface area (Å²) in [7, 11) is 0. The fourth-order valence-corrected chi connectivity index (χ4v) is 2.71. The van der Waals surface area contributed by atoms with Crippen molar-refractivity contribution in [3.8, 4) is 5.75 Å². The summed E-state index contributed by atoms with van der Waals surface area (Å²) in [6.07, 6.45) is -0.807. The lowest BCUT2D eigenvalue weighted by atomic mass is 10.1. The highest BCUT2D eigenvalue weighted by Gasteiger charge is 2.09. The quantitative estimate of drug-likeness (QED) is 0.419. The number of ether oxygens (including phenoxy) is 2. The maximum absolute atomic E-state index is 12.9. The smallest absolute Gasteiger partial charge is 0.434 e. The van der Waals surface area contributed by atoms with Gasteiger partial charge in [-0.3, -0.25) is 9.59 Å². The van der Waals surface area contributed by atoms with Crippen LogP contribution in [0.1, 0.15) is 33.2 Å². The third-order valence-electron chi connectivity index (χ3n) is 4.35. The Kier molecular flexibility index (Phi) is 7.53. The summed E-state index contributed by atoms with van der Waals surface area (Å²) >= 11 is 0. The summed E-state index contributed by atoms with van der Waals surface area (Å²) in [6.45, 7) is 2.16. The maximum atomic E-state index is 12.9. The number of benzene rings is 3. The van der Waals surface area contributed by atoms with Crippen molar-refractivity contribution in [1.29, 1.82) is 0 Å². The standard InChI is InChI=1S/C24H21FN2O5/c1-2-31-24(30)32-21-13-7-18(8-14-21)23(29)27-20-11-3-16(4-12-20)15-26-22(28)17-5-9-19(25)10-6-17/h3-14H,2,15H2,1H3,(H,26,28)(H,27,29). The summed E-state index contributed by atoms with van der Waals surface area (Å²) in [5.41, 5.74) is 2.17. The minimum atomic E-state index is -0.807. The minimum absolute atomic E-state index is 0.207. The predicted octanol–water partition coefficient (Wildman–Crippen LogP) is 4.54. The number of halogens is 1. The van der Waals surface area contributed by atoms with E-state index in [1.54, 1.807) is 31.2 Å². The molecule has 0 heterocycles. The van der Waals surface area contributed by atoms with Crippen LogP contribution < -0.4 is 15.4 Å². The Morgan fingerprint density at radius 1 is 0.812 bits per heavy atom. The van der Waals surface area contributed by atoms with Crippen LogP contribution >= 0.6 is 0 Å². The van der Waals surface area contributed by atoms with Gasteiger partial charge in [-0.05, 0) is 73.2 Å². The molecule has 0 radical (unpaired) electrons. The van der Waals surface area contributed by atoms with Gasteiger partial charge in [-0.15, -0.1) is 0 Å². The molecule has 2 N–H and O–H groups in total. The van der Waals surface area contributed by atoms with Crippen molar-refractivity contribution in [1.82, 2.24) is 5.32 Å². The van der Waals surface area contributed by atoms with E-state index in [9.17, 15) is 18.8 Å². The first-order chi connectivity index (χ1) is 15.4. The lowest BCUT2D eigenvalue weighted by molar-refractivity contribution is 0.0949. The number of rotatable bonds is 7. The van der Waals surface area contributed by atoms with Gasteiger partial charge < -0.3 is 20.1 Å². The lowest BCUT2D eigenvalue weighted by Crippen LogP contribution is -2.22. The van der Waals surface area contributed by atoms with Crippen LogP contribution in [-0.4, -0.2) is 24.6 Å². The van der Waals surface area contributed by atoms with Crippen LogP contribution in [0.5, 0.6) is 5.75 Å². The topological polar surface area (TPSA) is 93.7 Å². The summed E-state index contributed by atoms with van der Waals surface area (Å²) in [5.74, 6) is -0.769. The van der Waals surface area contributed by atoms with Gasteiger partial charge in [-0.1, -0.05) is 12.1 Å². The molecular weight excluding hydrogens is 415 g/mol. The van der Waals surface area contributed by atoms with E-state index < -0.39 is 12.0 Å². The Labute approximate surface area is 184 Å². The second-order valence-corrected chi connectivity index (χ2v) is 6.65. The number of nitrogens with one attached hydrogen (secondary N) is 2. The molecule has 8 heteroatoms. The van der Waals surface area contributed by atoms with Gasteiger partial charge in [0.1, 0.15) is 11.6 Å². The SMILES string of the molecule is CCOC(=O)Oc1ccc(C(=O)Nc2ccc(CNC(=O)c3ccc(F)cc3)cc2)cc1. The number of carbonyl (C=O) groups is 3. The molecule has 0 fully saturated rings. The molecule has 2 amide bonds. The Bertz CT molecular complexity index is 1080. The van der Waals surface area contributed by atoms with E-state index in [1.165, 1.54) is 48.5 Å². The molecule has 3 aromatic rings. The van der Waals surface area contributed by atoms with E-state index in [0.717, 1.165) is 5.56 Å². The molecule has 164 valence electrons. The fraction of sp³-hybridized carbons (Fsp3) is 0.125. The van der Waals surface area contributed by atoms with Gasteiger partial charge in [0.05, 0.1) is 6.61 Å². The molecule has 0 aliphatic rings. The molecule has 3 rings (SSSR count). The third kappa shape index (κ3) is 6.40. The van der Waals surface area contributed by atoms with Gasteiger partial charge in [-0.2, -0.15) is 0 Å². The molecular formula is C24H21FN2O5. The second kappa shape index (κ2) is 10.7. The van der Waals surface area contributed by atoms with Crippen LogP contribution in [0.25, 0.3) is 0 Å². The van der Waals surface area contributed by atoms with Crippen LogP contribution in [0.4, 0.5) is 14.9 Å². The average molecular weight is 436 g/mol. The van der Waals surface area contributed by atoms with E-state index in [0.29, 0.717) is 16.8 Å². The van der Waals surface area contributed by atoms with Crippen LogP contribution in [0.2, 0.25) is 0 Å². The summed E-state index contributed by atoms with van der Waals surface area (Å²) in [6, 6.07) is 18.3. The monoisotopic (exact) mass is 436 g/mol. The first-order valence-electron chi connectivity index (χ1n) is 9.83. The Balaban J connectivity index is 1.51. The fourth-order valence-electron chi connectivity index (χ4n) is 2.71. The van der Waals surface area contributed by atoms with Crippen LogP contribution in [-0.2, 0) is 11.3 Å². The number of carbonyl (C=O) groups excluding carboxylic acids is 3. The van der Waals surface area contributed by atoms with Crippen LogP contribution in [0.15, 0.2) is 72.8 Å². The zero-order valence-electron chi connectivity index (χ0n) is 17.3. The summed E-state index contributed by atoms with van der Waals surface area (Å²) in [4.78, 5) is 35.8. The van der Waals surface area contributed by atoms with Gasteiger partial charge in [0.2, 0.25) is 0 Å². The van der Waals surface area contributed by atoms with Gasteiger partial charge in [0, 0.05) is 23.4 Å². The highest BCUT2D eigenvalue weighted by molar-refractivity contribution is 6.04. The van der Waals surface area contributed by atoms with Crippen molar-refractivity contribution in [3.05, 3.63) is 95.3 Å². The second-order valence-electron chi connectivity index (χ2n) is 6.65. The Hall–Kier alpha value is -4.20. The van der Waals surface area contributed by atoms with Crippen LogP contribution in [0, 0.1) is 5.82 Å². The zero-order chi connectivity index (χ0) is 22.9. The lowest BCUT2D eigenvalue weighted by Gasteiger charge is -2.09. The first-order valence-corrected chi connectivity index (χ1v) is 9.83. The predicted molar refractivity (Wildman–Crippen MR) is 116 cm³/mol. The average Bonchev–Trinajstić information content (AvgIpc) is 2.79. The molecule has 7 nitrogen and oxygen atoms in total. The first kappa shape index (κ1) is 22.5. The van der Waals surface area contributed by atoms with Crippen molar-refractivity contribution in [3.63, 3.8) is 0 Å². The van der Waals surface area contributed by atoms with Gasteiger partial charge >= 0.3 is 6.16 Å². The largest absolute Gasteiger partial charge is 0.513 e. The van der Waals surface area contributed by atoms with E-state index in [2.05, 4.69) is 10.6 Å². The van der Waals surface area contributed by atoms with E-state index in [4.69, 9.17) is 9.47 Å². The Morgan fingerprint density at radius 3 is 2.03 bits per heavy atom. The number of hydrogen-bond acceptors (Lipinski definition) is 5. The van der Waals surface area contributed by atoms with Crippen molar-refractivity contribution >= 4 is 23.7 Å². The molecule has 0 saturated carbocycles. The molecule has 0 unspecified atom stereocenters. The summed E-state index contributed by atoms with van der Waals surface area (Å²) < 4.78 is 22.6. The number of amides is 2. The molecule has 0 spiro atoms. The molecule has 0 aromatic heterocycles. The van der Waals surface area contributed by atoms with Crippen molar-refractivity contribution < 1.29 is 28.2 Å². The molecule has 0 aliphatic carbocycles. The van der Waals surface area contributed by atoms with Crippen LogP contribution in [0.3, 0.4) is 0 Å². The number of hydrogen-bond donors (Lipinski definition) is 2. The maximum Gasteiger partial charge on any atom is 0.513 e. The minimum Gasteiger partial charge on any atom is -0.434 e. The molecule has 0 saturated heterocycles. The third-order valence-corrected chi connectivity index (χ3v) is 4.35. The van der Waals surface area contributed by atoms with Crippen molar-refractivity contribution in [2.45, 2.75) is 13.5 Å².